The number of carbonyl (C=O) groups excluding carboxylic acids is 1. The Balaban J connectivity index is 2.46. The number of carbonyl (C=O) groups is 2. The Morgan fingerprint density at radius 2 is 2.11 bits per heavy atom. The van der Waals surface area contributed by atoms with Crippen molar-refractivity contribution >= 4 is 23.5 Å². The van der Waals surface area contributed by atoms with E-state index in [4.69, 9.17) is 21.4 Å². The number of benzene rings is 1. The van der Waals surface area contributed by atoms with E-state index in [1.54, 1.807) is 18.2 Å². The van der Waals surface area contributed by atoms with Crippen LogP contribution in [-0.2, 0) is 20.9 Å². The quantitative estimate of drug-likeness (QED) is 0.821. The van der Waals surface area contributed by atoms with Crippen molar-refractivity contribution in [2.45, 2.75) is 19.6 Å². The summed E-state index contributed by atoms with van der Waals surface area (Å²) in [4.78, 5) is 21.6. The first-order chi connectivity index (χ1) is 8.50. The van der Waals surface area contributed by atoms with Crippen LogP contribution in [0.5, 0.6) is 0 Å². The summed E-state index contributed by atoms with van der Waals surface area (Å²) in [6, 6.07) is 6.07. The van der Waals surface area contributed by atoms with E-state index in [0.717, 1.165) is 5.56 Å². The van der Waals surface area contributed by atoms with Crippen LogP contribution >= 0.6 is 11.6 Å². The standard InChI is InChI=1S/C12H14ClNO4/c1-8(15)14-11(12(16)17)7-18-6-9-4-2-3-5-10(9)13/h2-5,11H,6-7H2,1H3,(H,14,15)(H,16,17). The minimum atomic E-state index is -1.13. The van der Waals surface area contributed by atoms with Gasteiger partial charge in [0.05, 0.1) is 13.2 Å². The van der Waals surface area contributed by atoms with Crippen molar-refractivity contribution in [3.63, 3.8) is 0 Å². The first-order valence-electron chi connectivity index (χ1n) is 5.31. The van der Waals surface area contributed by atoms with Crippen LogP contribution in [-0.4, -0.2) is 29.6 Å². The monoisotopic (exact) mass is 271 g/mol. The van der Waals surface area contributed by atoms with E-state index >= 15 is 0 Å². The molecule has 1 rings (SSSR count). The van der Waals surface area contributed by atoms with E-state index < -0.39 is 17.9 Å². The first kappa shape index (κ1) is 14.5. The lowest BCUT2D eigenvalue weighted by molar-refractivity contribution is -0.143. The van der Waals surface area contributed by atoms with Crippen LogP contribution in [0.2, 0.25) is 5.02 Å². The Hall–Kier alpha value is -1.59. The van der Waals surface area contributed by atoms with Crippen LogP contribution in [0.4, 0.5) is 0 Å². The molecule has 0 heterocycles. The van der Waals surface area contributed by atoms with Gasteiger partial charge in [-0.2, -0.15) is 0 Å². The van der Waals surface area contributed by atoms with E-state index in [9.17, 15) is 9.59 Å². The second-order valence-electron chi connectivity index (χ2n) is 3.70. The number of carboxylic acid groups (broad SMARTS) is 1. The van der Waals surface area contributed by atoms with Gasteiger partial charge < -0.3 is 15.2 Å². The molecule has 5 nitrogen and oxygen atoms in total. The summed E-state index contributed by atoms with van der Waals surface area (Å²) in [5.41, 5.74) is 0.770. The minimum Gasteiger partial charge on any atom is -0.480 e. The van der Waals surface area contributed by atoms with Crippen molar-refractivity contribution < 1.29 is 19.4 Å². The van der Waals surface area contributed by atoms with Gasteiger partial charge in [0.25, 0.3) is 0 Å². The molecule has 98 valence electrons. The van der Waals surface area contributed by atoms with Crippen LogP contribution in [0, 0.1) is 0 Å². The van der Waals surface area contributed by atoms with Crippen LogP contribution in [0.3, 0.4) is 0 Å². The highest BCUT2D eigenvalue weighted by Crippen LogP contribution is 2.15. The highest BCUT2D eigenvalue weighted by atomic mass is 35.5. The summed E-state index contributed by atoms with van der Waals surface area (Å²) in [5, 5.41) is 11.7. The second kappa shape index (κ2) is 6.98. The SMILES string of the molecule is CC(=O)NC(COCc1ccccc1Cl)C(=O)O. The fourth-order valence-electron chi connectivity index (χ4n) is 1.32. The zero-order valence-corrected chi connectivity index (χ0v) is 10.6. The van der Waals surface area contributed by atoms with E-state index in [1.807, 2.05) is 6.07 Å². The van der Waals surface area contributed by atoms with Gasteiger partial charge >= 0.3 is 5.97 Å². The third-order valence-corrected chi connectivity index (χ3v) is 2.54. The molecule has 18 heavy (non-hydrogen) atoms. The van der Waals surface area contributed by atoms with Crippen molar-refractivity contribution in [3.05, 3.63) is 34.9 Å². The fourth-order valence-corrected chi connectivity index (χ4v) is 1.51. The molecule has 0 saturated carbocycles. The first-order valence-corrected chi connectivity index (χ1v) is 5.69. The van der Waals surface area contributed by atoms with Gasteiger partial charge in [0, 0.05) is 11.9 Å². The van der Waals surface area contributed by atoms with Crippen molar-refractivity contribution in [1.82, 2.24) is 5.32 Å². The molecule has 0 aliphatic heterocycles. The molecule has 0 fully saturated rings. The number of nitrogens with one attached hydrogen (secondary N) is 1. The highest BCUT2D eigenvalue weighted by Gasteiger charge is 2.18. The Morgan fingerprint density at radius 3 is 2.67 bits per heavy atom. The predicted molar refractivity (Wildman–Crippen MR) is 66.3 cm³/mol. The van der Waals surface area contributed by atoms with Crippen molar-refractivity contribution in [3.8, 4) is 0 Å². The molecule has 0 aliphatic rings. The van der Waals surface area contributed by atoms with Crippen molar-refractivity contribution in [1.29, 1.82) is 0 Å². The fraction of sp³-hybridized carbons (Fsp3) is 0.333. The molecule has 1 unspecified atom stereocenters. The molecule has 0 bridgehead atoms. The second-order valence-corrected chi connectivity index (χ2v) is 4.11. The molecule has 6 heteroatoms. The molecule has 2 N–H and O–H groups in total. The number of amides is 1. The van der Waals surface area contributed by atoms with Gasteiger partial charge in [0.2, 0.25) is 5.91 Å². The average Bonchev–Trinajstić information content (AvgIpc) is 2.29. The molecular formula is C12H14ClNO4. The van der Waals surface area contributed by atoms with Gasteiger partial charge in [-0.1, -0.05) is 29.8 Å². The molecule has 0 saturated heterocycles. The van der Waals surface area contributed by atoms with Crippen molar-refractivity contribution in [2.24, 2.45) is 0 Å². The van der Waals surface area contributed by atoms with E-state index in [0.29, 0.717) is 5.02 Å². The summed E-state index contributed by atoms with van der Waals surface area (Å²) in [6.45, 7) is 1.34. The number of halogens is 1. The van der Waals surface area contributed by atoms with Crippen LogP contribution in [0.1, 0.15) is 12.5 Å². The normalized spacial score (nSPS) is 11.9. The maximum absolute atomic E-state index is 10.8. The van der Waals surface area contributed by atoms with E-state index in [1.165, 1.54) is 6.92 Å². The molecule has 0 spiro atoms. The Kier molecular flexibility index (Phi) is 5.61. The third-order valence-electron chi connectivity index (χ3n) is 2.18. The predicted octanol–water partition coefficient (Wildman–Crippen LogP) is 1.45. The summed E-state index contributed by atoms with van der Waals surface area (Å²) in [5.74, 6) is -1.55. The Bertz CT molecular complexity index is 436. The van der Waals surface area contributed by atoms with Crippen LogP contribution < -0.4 is 5.32 Å². The van der Waals surface area contributed by atoms with E-state index in [2.05, 4.69) is 5.32 Å². The number of hydrogen-bond acceptors (Lipinski definition) is 3. The lowest BCUT2D eigenvalue weighted by Gasteiger charge is -2.13. The minimum absolute atomic E-state index is 0.111. The van der Waals surface area contributed by atoms with Crippen LogP contribution in [0.25, 0.3) is 0 Å². The lowest BCUT2D eigenvalue weighted by Crippen LogP contribution is -2.42. The number of aliphatic carboxylic acids is 1. The summed E-state index contributed by atoms with van der Waals surface area (Å²) < 4.78 is 5.24. The number of ether oxygens (including phenoxy) is 1. The Morgan fingerprint density at radius 1 is 1.44 bits per heavy atom. The molecular weight excluding hydrogens is 258 g/mol. The van der Waals surface area contributed by atoms with Crippen molar-refractivity contribution in [2.75, 3.05) is 6.61 Å². The summed E-state index contributed by atoms with van der Waals surface area (Å²) in [7, 11) is 0. The topological polar surface area (TPSA) is 75.6 Å². The molecule has 0 aromatic heterocycles. The van der Waals surface area contributed by atoms with Gasteiger partial charge in [0.15, 0.2) is 6.04 Å². The molecule has 1 atom stereocenters. The Labute approximate surface area is 110 Å². The zero-order chi connectivity index (χ0) is 13.5. The molecule has 0 radical (unpaired) electrons. The summed E-state index contributed by atoms with van der Waals surface area (Å²) >= 11 is 5.92. The average molecular weight is 272 g/mol. The summed E-state index contributed by atoms with van der Waals surface area (Å²) in [6.07, 6.45) is 0. The van der Waals surface area contributed by atoms with Gasteiger partial charge in [-0.3, -0.25) is 4.79 Å². The third kappa shape index (κ3) is 4.73. The molecule has 1 aromatic carbocycles. The molecule has 0 aliphatic carbocycles. The molecule has 1 aromatic rings. The van der Waals surface area contributed by atoms with Gasteiger partial charge in [-0.05, 0) is 11.6 Å². The number of carboxylic acids is 1. The van der Waals surface area contributed by atoms with Gasteiger partial charge in [-0.15, -0.1) is 0 Å². The van der Waals surface area contributed by atoms with Gasteiger partial charge in [-0.25, -0.2) is 4.79 Å². The molecule has 1 amide bonds. The highest BCUT2D eigenvalue weighted by molar-refractivity contribution is 6.31. The van der Waals surface area contributed by atoms with Crippen LogP contribution in [0.15, 0.2) is 24.3 Å². The lowest BCUT2D eigenvalue weighted by atomic mass is 10.2. The van der Waals surface area contributed by atoms with Gasteiger partial charge in [0.1, 0.15) is 0 Å². The smallest absolute Gasteiger partial charge is 0.328 e. The van der Waals surface area contributed by atoms with E-state index in [-0.39, 0.29) is 13.2 Å². The number of rotatable bonds is 6. The maximum Gasteiger partial charge on any atom is 0.328 e. The largest absolute Gasteiger partial charge is 0.480 e. The number of hydrogen-bond donors (Lipinski definition) is 2. The zero-order valence-electron chi connectivity index (χ0n) is 9.85. The maximum atomic E-state index is 10.8.